The Morgan fingerprint density at radius 2 is 2.00 bits per heavy atom. The van der Waals surface area contributed by atoms with Crippen molar-refractivity contribution in [1.82, 2.24) is 0 Å². The van der Waals surface area contributed by atoms with Gasteiger partial charge in [-0.05, 0) is 32.1 Å². The van der Waals surface area contributed by atoms with Crippen LogP contribution in [-0.4, -0.2) is 26.9 Å². The molecule has 0 bridgehead atoms. The predicted molar refractivity (Wildman–Crippen MR) is 50.7 cm³/mol. The summed E-state index contributed by atoms with van der Waals surface area (Å²) in [5.41, 5.74) is 0. The molecule has 1 saturated heterocycles. The van der Waals surface area contributed by atoms with E-state index in [0.29, 0.717) is 12.3 Å². The minimum absolute atomic E-state index is 0.421. The number of sulfonamides is 1. The molecule has 5 heteroatoms. The molecule has 78 valence electrons. The molecule has 0 aromatic heterocycles. The molecule has 0 aromatic rings. The molecule has 0 spiro atoms. The van der Waals surface area contributed by atoms with Crippen LogP contribution >= 0.6 is 0 Å². The molecule has 1 unspecified atom stereocenters. The average Bonchev–Trinajstić information content (AvgIpc) is 2.04. The Hall–Kier alpha value is -0.130. The third-order valence-corrected chi connectivity index (χ3v) is 3.88. The van der Waals surface area contributed by atoms with Gasteiger partial charge in [0.25, 0.3) is 0 Å². The molecule has 13 heavy (non-hydrogen) atoms. The fourth-order valence-electron chi connectivity index (χ4n) is 1.59. The zero-order valence-corrected chi connectivity index (χ0v) is 8.72. The first-order valence-electron chi connectivity index (χ1n) is 4.59. The van der Waals surface area contributed by atoms with Crippen LogP contribution in [0.1, 0.15) is 26.2 Å². The smallest absolute Gasteiger partial charge is 0.211 e. The molecular formula is C8H17NO3S. The summed E-state index contributed by atoms with van der Waals surface area (Å²) >= 11 is 0. The molecule has 0 saturated carbocycles. The van der Waals surface area contributed by atoms with Gasteiger partial charge in [-0.2, -0.15) is 0 Å². The third-order valence-electron chi connectivity index (χ3n) is 2.57. The summed E-state index contributed by atoms with van der Waals surface area (Å²) in [5, 5.41) is 4.62. The average molecular weight is 207 g/mol. The van der Waals surface area contributed by atoms with Crippen LogP contribution in [0.2, 0.25) is 0 Å². The Labute approximate surface area is 79.5 Å². The van der Waals surface area contributed by atoms with E-state index in [1.54, 1.807) is 6.92 Å². The van der Waals surface area contributed by atoms with Gasteiger partial charge in [-0.1, -0.05) is 0 Å². The molecule has 4 nitrogen and oxygen atoms in total. The van der Waals surface area contributed by atoms with Crippen LogP contribution in [0.3, 0.4) is 0 Å². The molecule has 1 aliphatic rings. The Kier molecular flexibility index (Phi) is 3.70. The van der Waals surface area contributed by atoms with Gasteiger partial charge >= 0.3 is 0 Å². The number of nitrogens with two attached hydrogens (primary N) is 1. The monoisotopic (exact) mass is 207 g/mol. The highest BCUT2D eigenvalue weighted by molar-refractivity contribution is 7.89. The Morgan fingerprint density at radius 1 is 1.46 bits per heavy atom. The lowest BCUT2D eigenvalue weighted by molar-refractivity contribution is 0.0639. The summed E-state index contributed by atoms with van der Waals surface area (Å²) in [6.07, 6.45) is 2.59. The van der Waals surface area contributed by atoms with Crippen LogP contribution in [0.4, 0.5) is 0 Å². The van der Waals surface area contributed by atoms with E-state index in [1.165, 1.54) is 0 Å². The van der Waals surface area contributed by atoms with Gasteiger partial charge in [0.15, 0.2) is 0 Å². The van der Waals surface area contributed by atoms with E-state index in [1.807, 2.05) is 0 Å². The second-order valence-electron chi connectivity index (χ2n) is 3.69. The molecule has 0 aromatic carbocycles. The molecule has 0 amide bonds. The molecule has 1 rings (SSSR count). The van der Waals surface area contributed by atoms with Crippen LogP contribution in [-0.2, 0) is 14.8 Å². The first-order valence-corrected chi connectivity index (χ1v) is 6.20. The van der Waals surface area contributed by atoms with Gasteiger partial charge in [0, 0.05) is 13.2 Å². The van der Waals surface area contributed by atoms with Crippen molar-refractivity contribution in [3.05, 3.63) is 0 Å². The second kappa shape index (κ2) is 4.39. The van der Waals surface area contributed by atoms with E-state index >= 15 is 0 Å². The van der Waals surface area contributed by atoms with Crippen LogP contribution in [0.5, 0.6) is 0 Å². The minimum atomic E-state index is -3.34. The van der Waals surface area contributed by atoms with Crippen LogP contribution in [0, 0.1) is 5.92 Å². The van der Waals surface area contributed by atoms with E-state index in [0.717, 1.165) is 26.1 Å². The van der Waals surface area contributed by atoms with E-state index in [4.69, 9.17) is 9.88 Å². The Balaban J connectivity index is 2.39. The highest BCUT2D eigenvalue weighted by atomic mass is 32.2. The summed E-state index contributed by atoms with van der Waals surface area (Å²) in [4.78, 5) is 0. The molecule has 1 atom stereocenters. The van der Waals surface area contributed by atoms with Gasteiger partial charge in [-0.25, -0.2) is 13.6 Å². The van der Waals surface area contributed by atoms with Crippen LogP contribution < -0.4 is 5.14 Å². The molecule has 0 aliphatic carbocycles. The van der Waals surface area contributed by atoms with Gasteiger partial charge in [0.05, 0.1) is 5.25 Å². The fourth-order valence-corrected chi connectivity index (χ4v) is 2.13. The van der Waals surface area contributed by atoms with Gasteiger partial charge in [-0.3, -0.25) is 0 Å². The molecule has 1 fully saturated rings. The number of hydrogen-bond acceptors (Lipinski definition) is 3. The molecule has 1 heterocycles. The van der Waals surface area contributed by atoms with Gasteiger partial charge in [-0.15, -0.1) is 0 Å². The van der Waals surface area contributed by atoms with Crippen molar-refractivity contribution >= 4 is 10.0 Å². The van der Waals surface area contributed by atoms with Crippen LogP contribution in [0.25, 0.3) is 0 Å². The molecular weight excluding hydrogens is 190 g/mol. The summed E-state index contributed by atoms with van der Waals surface area (Å²) in [5.74, 6) is 0.460. The lowest BCUT2D eigenvalue weighted by Crippen LogP contribution is -2.29. The van der Waals surface area contributed by atoms with E-state index in [-0.39, 0.29) is 0 Å². The summed E-state index contributed by atoms with van der Waals surface area (Å²) in [6.45, 7) is 3.18. The van der Waals surface area contributed by atoms with Gasteiger partial charge in [0.1, 0.15) is 0 Å². The summed E-state index contributed by atoms with van der Waals surface area (Å²) in [6, 6.07) is 0. The maximum absolute atomic E-state index is 11.0. The quantitative estimate of drug-likeness (QED) is 0.731. The second-order valence-corrected chi connectivity index (χ2v) is 5.67. The van der Waals surface area contributed by atoms with E-state index in [2.05, 4.69) is 0 Å². The van der Waals surface area contributed by atoms with E-state index in [9.17, 15) is 8.42 Å². The summed E-state index contributed by atoms with van der Waals surface area (Å²) in [7, 11) is -3.34. The standard InChI is InChI=1S/C8H17NO3S/c1-7(13(9,10)11)6-8-2-4-12-5-3-8/h7-8H,2-6H2,1H3,(H2,9,10,11). The minimum Gasteiger partial charge on any atom is -0.381 e. The number of rotatable bonds is 3. The Morgan fingerprint density at radius 3 is 2.46 bits per heavy atom. The fraction of sp³-hybridized carbons (Fsp3) is 1.00. The first-order chi connectivity index (χ1) is 6.00. The third kappa shape index (κ3) is 3.62. The van der Waals surface area contributed by atoms with Gasteiger partial charge in [0.2, 0.25) is 10.0 Å². The maximum atomic E-state index is 11.0. The predicted octanol–water partition coefficient (Wildman–Crippen LogP) is 0.480. The summed E-state index contributed by atoms with van der Waals surface area (Å²) < 4.78 is 27.1. The lowest BCUT2D eigenvalue weighted by Gasteiger charge is -2.23. The largest absolute Gasteiger partial charge is 0.381 e. The van der Waals surface area contributed by atoms with Crippen LogP contribution in [0.15, 0.2) is 0 Å². The SMILES string of the molecule is CC(CC1CCOCC1)S(N)(=O)=O. The molecule has 1 aliphatic heterocycles. The molecule has 2 N–H and O–H groups in total. The normalized spacial score (nSPS) is 22.9. The van der Waals surface area contributed by atoms with E-state index < -0.39 is 15.3 Å². The Bertz CT molecular complexity index is 244. The van der Waals surface area contributed by atoms with Crippen molar-refractivity contribution in [1.29, 1.82) is 0 Å². The number of primary sulfonamides is 1. The molecule has 0 radical (unpaired) electrons. The van der Waals surface area contributed by atoms with Crippen molar-refractivity contribution in [3.63, 3.8) is 0 Å². The first kappa shape index (κ1) is 10.9. The zero-order chi connectivity index (χ0) is 9.90. The number of ether oxygens (including phenoxy) is 1. The van der Waals surface area contributed by atoms with Crippen molar-refractivity contribution in [2.75, 3.05) is 13.2 Å². The van der Waals surface area contributed by atoms with Crippen molar-refractivity contribution in [2.45, 2.75) is 31.4 Å². The van der Waals surface area contributed by atoms with Gasteiger partial charge < -0.3 is 4.74 Å². The maximum Gasteiger partial charge on any atom is 0.211 e. The highest BCUT2D eigenvalue weighted by Crippen LogP contribution is 2.21. The van der Waals surface area contributed by atoms with Crippen molar-refractivity contribution in [3.8, 4) is 0 Å². The van der Waals surface area contributed by atoms with Crippen molar-refractivity contribution in [2.24, 2.45) is 11.1 Å². The zero-order valence-electron chi connectivity index (χ0n) is 7.90. The van der Waals surface area contributed by atoms with Crippen molar-refractivity contribution < 1.29 is 13.2 Å². The number of hydrogen-bond donors (Lipinski definition) is 1. The highest BCUT2D eigenvalue weighted by Gasteiger charge is 2.22. The lowest BCUT2D eigenvalue weighted by atomic mass is 9.95. The topological polar surface area (TPSA) is 69.4 Å².